The Labute approximate surface area is 145 Å². The van der Waals surface area contributed by atoms with Crippen molar-refractivity contribution >= 4 is 23.2 Å². The fraction of sp³-hybridized carbons (Fsp3) is 0.579. The number of nitrogens with zero attached hydrogens (tertiary/aromatic N) is 2. The van der Waals surface area contributed by atoms with Gasteiger partial charge in [-0.2, -0.15) is 0 Å². The van der Waals surface area contributed by atoms with Gasteiger partial charge in [-0.05, 0) is 37.1 Å². The quantitative estimate of drug-likeness (QED) is 0.903. The van der Waals surface area contributed by atoms with Gasteiger partial charge >= 0.3 is 0 Å². The Bertz CT molecular complexity index is 569. The molecule has 0 saturated carbocycles. The smallest absolute Gasteiger partial charge is 0.225 e. The van der Waals surface area contributed by atoms with E-state index in [2.05, 4.69) is 22.3 Å². The third-order valence-corrected chi connectivity index (χ3v) is 4.31. The number of hydrogen-bond donors (Lipinski definition) is 1. The largest absolute Gasteiger partial charge is 0.372 e. The molecule has 1 saturated heterocycles. The maximum Gasteiger partial charge on any atom is 0.225 e. The molecule has 0 bridgehead atoms. The molecule has 2 amide bonds. The van der Waals surface area contributed by atoms with Crippen molar-refractivity contribution in [2.75, 3.05) is 36.0 Å². The molecule has 5 nitrogen and oxygen atoms in total. The Morgan fingerprint density at radius 2 is 1.71 bits per heavy atom. The van der Waals surface area contributed by atoms with Gasteiger partial charge in [0.25, 0.3) is 0 Å². The number of nitrogens with one attached hydrogen (secondary N) is 1. The molecule has 0 aliphatic carbocycles. The van der Waals surface area contributed by atoms with Crippen LogP contribution < -0.4 is 15.1 Å². The van der Waals surface area contributed by atoms with Crippen molar-refractivity contribution < 1.29 is 9.59 Å². The van der Waals surface area contributed by atoms with E-state index in [1.165, 1.54) is 18.5 Å². The molecule has 1 aromatic carbocycles. The predicted octanol–water partition coefficient (Wildman–Crippen LogP) is 2.80. The highest BCUT2D eigenvalue weighted by Crippen LogP contribution is 2.24. The second-order valence-electron chi connectivity index (χ2n) is 7.39. The normalized spacial score (nSPS) is 14.6. The van der Waals surface area contributed by atoms with Crippen molar-refractivity contribution in [3.05, 3.63) is 24.3 Å². The average molecular weight is 331 g/mol. The highest BCUT2D eigenvalue weighted by molar-refractivity contribution is 5.91. The molecule has 1 heterocycles. The SMILES string of the molecule is CC(=O)N(CCNC(=O)C(C)(C)C)c1ccc(N2CCCC2)cc1. The number of hydrogen-bond acceptors (Lipinski definition) is 3. The fourth-order valence-electron chi connectivity index (χ4n) is 2.83. The highest BCUT2D eigenvalue weighted by atomic mass is 16.2. The fourth-order valence-corrected chi connectivity index (χ4v) is 2.83. The minimum atomic E-state index is -0.418. The lowest BCUT2D eigenvalue weighted by Gasteiger charge is -2.24. The predicted molar refractivity (Wildman–Crippen MR) is 98.4 cm³/mol. The monoisotopic (exact) mass is 331 g/mol. The van der Waals surface area contributed by atoms with E-state index in [9.17, 15) is 9.59 Å². The number of carbonyl (C=O) groups excluding carboxylic acids is 2. The summed E-state index contributed by atoms with van der Waals surface area (Å²) in [6, 6.07) is 8.12. The molecule has 132 valence electrons. The molecular formula is C19H29N3O2. The van der Waals surface area contributed by atoms with Crippen LogP contribution in [0.15, 0.2) is 24.3 Å². The maximum absolute atomic E-state index is 12.0. The van der Waals surface area contributed by atoms with Crippen LogP contribution in [0.4, 0.5) is 11.4 Å². The van der Waals surface area contributed by atoms with Crippen molar-refractivity contribution in [1.29, 1.82) is 0 Å². The summed E-state index contributed by atoms with van der Waals surface area (Å²) in [7, 11) is 0. The molecule has 0 spiro atoms. The maximum atomic E-state index is 12.0. The van der Waals surface area contributed by atoms with Gasteiger partial charge in [-0.15, -0.1) is 0 Å². The number of carbonyl (C=O) groups is 2. The van der Waals surface area contributed by atoms with Crippen LogP contribution in [0.2, 0.25) is 0 Å². The van der Waals surface area contributed by atoms with Crippen molar-refractivity contribution in [3.63, 3.8) is 0 Å². The zero-order chi connectivity index (χ0) is 17.7. The van der Waals surface area contributed by atoms with Gasteiger partial charge in [0, 0.05) is 49.9 Å². The summed E-state index contributed by atoms with van der Waals surface area (Å²) in [5.41, 5.74) is 1.66. The lowest BCUT2D eigenvalue weighted by molar-refractivity contribution is -0.128. The van der Waals surface area contributed by atoms with Gasteiger partial charge in [-0.3, -0.25) is 9.59 Å². The van der Waals surface area contributed by atoms with E-state index in [0.29, 0.717) is 13.1 Å². The Morgan fingerprint density at radius 1 is 1.12 bits per heavy atom. The van der Waals surface area contributed by atoms with E-state index < -0.39 is 5.41 Å². The summed E-state index contributed by atoms with van der Waals surface area (Å²) in [5, 5.41) is 2.89. The van der Waals surface area contributed by atoms with Crippen molar-refractivity contribution in [2.45, 2.75) is 40.5 Å². The molecule has 1 fully saturated rings. The Balaban J connectivity index is 1.97. The van der Waals surface area contributed by atoms with Gasteiger partial charge in [0.15, 0.2) is 0 Å². The molecule has 0 unspecified atom stereocenters. The van der Waals surface area contributed by atoms with Crippen LogP contribution in [0.3, 0.4) is 0 Å². The zero-order valence-electron chi connectivity index (χ0n) is 15.3. The molecular weight excluding hydrogens is 302 g/mol. The number of benzene rings is 1. The lowest BCUT2D eigenvalue weighted by Crippen LogP contribution is -2.41. The van der Waals surface area contributed by atoms with Gasteiger partial charge in [-0.1, -0.05) is 20.8 Å². The Hall–Kier alpha value is -2.04. The van der Waals surface area contributed by atoms with E-state index in [1.54, 1.807) is 11.8 Å². The highest BCUT2D eigenvalue weighted by Gasteiger charge is 2.21. The summed E-state index contributed by atoms with van der Waals surface area (Å²) in [6.45, 7) is 10.3. The summed E-state index contributed by atoms with van der Waals surface area (Å²) in [4.78, 5) is 28.0. The number of rotatable bonds is 5. The van der Waals surface area contributed by atoms with Crippen LogP contribution in [0.25, 0.3) is 0 Å². The van der Waals surface area contributed by atoms with Crippen molar-refractivity contribution in [3.8, 4) is 0 Å². The minimum absolute atomic E-state index is 0.00427. The first-order chi connectivity index (χ1) is 11.3. The minimum Gasteiger partial charge on any atom is -0.372 e. The zero-order valence-corrected chi connectivity index (χ0v) is 15.3. The van der Waals surface area contributed by atoms with Crippen molar-refractivity contribution in [1.82, 2.24) is 5.32 Å². The van der Waals surface area contributed by atoms with E-state index in [-0.39, 0.29) is 11.8 Å². The first kappa shape index (κ1) is 18.3. The summed E-state index contributed by atoms with van der Waals surface area (Å²) in [5.74, 6) is -0.0238. The lowest BCUT2D eigenvalue weighted by atomic mass is 9.96. The van der Waals surface area contributed by atoms with Gasteiger partial charge in [0.05, 0.1) is 0 Å². The molecule has 1 aliphatic heterocycles. The first-order valence-electron chi connectivity index (χ1n) is 8.70. The van der Waals surface area contributed by atoms with E-state index >= 15 is 0 Å². The Morgan fingerprint density at radius 3 is 2.21 bits per heavy atom. The van der Waals surface area contributed by atoms with E-state index in [1.807, 2.05) is 32.9 Å². The van der Waals surface area contributed by atoms with Crippen LogP contribution in [0, 0.1) is 5.41 Å². The summed E-state index contributed by atoms with van der Waals surface area (Å²) >= 11 is 0. The molecule has 1 aromatic rings. The third-order valence-electron chi connectivity index (χ3n) is 4.31. The van der Waals surface area contributed by atoms with Gasteiger partial charge in [0.1, 0.15) is 0 Å². The van der Waals surface area contributed by atoms with Crippen LogP contribution >= 0.6 is 0 Å². The van der Waals surface area contributed by atoms with Gasteiger partial charge in [0.2, 0.25) is 11.8 Å². The van der Waals surface area contributed by atoms with E-state index in [4.69, 9.17) is 0 Å². The van der Waals surface area contributed by atoms with Crippen LogP contribution in [-0.4, -0.2) is 38.0 Å². The van der Waals surface area contributed by atoms with Gasteiger partial charge in [-0.25, -0.2) is 0 Å². The van der Waals surface area contributed by atoms with Crippen LogP contribution in [-0.2, 0) is 9.59 Å². The molecule has 0 atom stereocenters. The van der Waals surface area contributed by atoms with Crippen LogP contribution in [0.5, 0.6) is 0 Å². The summed E-state index contributed by atoms with van der Waals surface area (Å²) < 4.78 is 0. The second kappa shape index (κ2) is 7.69. The third kappa shape index (κ3) is 4.73. The number of amides is 2. The van der Waals surface area contributed by atoms with Crippen molar-refractivity contribution in [2.24, 2.45) is 5.41 Å². The van der Waals surface area contributed by atoms with E-state index in [0.717, 1.165) is 18.8 Å². The first-order valence-corrected chi connectivity index (χ1v) is 8.70. The second-order valence-corrected chi connectivity index (χ2v) is 7.39. The molecule has 2 rings (SSSR count). The standard InChI is InChI=1S/C19H29N3O2/c1-15(23)22(14-11-20-18(24)19(2,3)4)17-9-7-16(8-10-17)21-12-5-6-13-21/h7-10H,5-6,11-14H2,1-4H3,(H,20,24). The van der Waals surface area contributed by atoms with Crippen LogP contribution in [0.1, 0.15) is 40.5 Å². The Kier molecular flexibility index (Phi) is 5.86. The molecule has 1 N–H and O–H groups in total. The summed E-state index contributed by atoms with van der Waals surface area (Å²) in [6.07, 6.45) is 2.49. The number of anilines is 2. The topological polar surface area (TPSA) is 52.7 Å². The molecule has 5 heteroatoms. The molecule has 1 aliphatic rings. The molecule has 0 radical (unpaired) electrons. The molecule has 0 aromatic heterocycles. The average Bonchev–Trinajstić information content (AvgIpc) is 3.04. The van der Waals surface area contributed by atoms with Gasteiger partial charge < -0.3 is 15.1 Å². The molecule has 24 heavy (non-hydrogen) atoms.